The van der Waals surface area contributed by atoms with Gasteiger partial charge in [-0.05, 0) is 47.7 Å². The Morgan fingerprint density at radius 1 is 0.868 bits per heavy atom. The average Bonchev–Trinajstić information content (AvgIpc) is 2.92. The molecular formula is C26H36O12. The van der Waals surface area contributed by atoms with Crippen LogP contribution in [0.3, 0.4) is 0 Å². The molecule has 0 aromatic heterocycles. The van der Waals surface area contributed by atoms with Gasteiger partial charge in [0.25, 0.3) is 0 Å². The zero-order chi connectivity index (χ0) is 28.0. The Bertz CT molecular complexity index is 1030. The van der Waals surface area contributed by atoms with Gasteiger partial charge in [0.1, 0.15) is 24.4 Å². The standard InChI is InChI=1S/C26H36O12/c1-35-19-8-13(3-5-17(19)29)7-15(12-37-26-25(34)24(33)23(32)21(11-28)38-26)16(10-27)22(31)14-4-6-18(30)20(9-14)36-2/h3-6,8-9,15-16,21-34H,7,10-12H2,1-2H3/t15-,16-,21+,22?,23+,24-,25+,26+/m0/s1. The highest BCUT2D eigenvalue weighted by molar-refractivity contribution is 5.43. The van der Waals surface area contributed by atoms with Crippen LogP contribution in [0.25, 0.3) is 0 Å². The smallest absolute Gasteiger partial charge is 0.186 e. The number of phenolic OH excluding ortho intramolecular Hbond substituents is 2. The molecule has 12 heteroatoms. The number of hydrogen-bond acceptors (Lipinski definition) is 12. The molecule has 1 unspecified atom stereocenters. The van der Waals surface area contributed by atoms with Crippen LogP contribution < -0.4 is 9.47 Å². The quantitative estimate of drug-likeness (QED) is 0.171. The van der Waals surface area contributed by atoms with Crippen LogP contribution in [0.4, 0.5) is 0 Å². The Balaban J connectivity index is 1.89. The Morgan fingerprint density at radius 2 is 1.50 bits per heavy atom. The van der Waals surface area contributed by atoms with E-state index in [1.54, 1.807) is 12.1 Å². The lowest BCUT2D eigenvalue weighted by atomic mass is 9.81. The highest BCUT2D eigenvalue weighted by Crippen LogP contribution is 2.36. The van der Waals surface area contributed by atoms with Crippen molar-refractivity contribution in [3.63, 3.8) is 0 Å². The molecule has 2 aromatic carbocycles. The number of aromatic hydroxyl groups is 2. The van der Waals surface area contributed by atoms with Gasteiger partial charge in [0.2, 0.25) is 0 Å². The van der Waals surface area contributed by atoms with Crippen LogP contribution in [0.1, 0.15) is 17.2 Å². The van der Waals surface area contributed by atoms with E-state index >= 15 is 0 Å². The van der Waals surface area contributed by atoms with E-state index in [9.17, 15) is 40.9 Å². The predicted molar refractivity (Wildman–Crippen MR) is 132 cm³/mol. The molecule has 8 atom stereocenters. The summed E-state index contributed by atoms with van der Waals surface area (Å²) in [6, 6.07) is 8.98. The van der Waals surface area contributed by atoms with Crippen molar-refractivity contribution in [2.24, 2.45) is 11.8 Å². The number of phenols is 2. The first kappa shape index (κ1) is 29.9. The topological polar surface area (TPSA) is 199 Å². The first-order valence-electron chi connectivity index (χ1n) is 12.1. The van der Waals surface area contributed by atoms with Crippen LogP contribution in [-0.2, 0) is 15.9 Å². The third-order valence-electron chi connectivity index (χ3n) is 6.83. The second-order valence-electron chi connectivity index (χ2n) is 9.22. The Morgan fingerprint density at radius 3 is 2.11 bits per heavy atom. The molecule has 0 saturated carbocycles. The summed E-state index contributed by atoms with van der Waals surface area (Å²) in [5.74, 6) is -1.30. The minimum Gasteiger partial charge on any atom is -0.504 e. The lowest BCUT2D eigenvalue weighted by molar-refractivity contribution is -0.304. The first-order chi connectivity index (χ1) is 18.1. The molecule has 0 radical (unpaired) electrons. The van der Waals surface area contributed by atoms with Crippen molar-refractivity contribution in [3.05, 3.63) is 47.5 Å². The van der Waals surface area contributed by atoms with Gasteiger partial charge in [-0.1, -0.05) is 12.1 Å². The maximum Gasteiger partial charge on any atom is 0.186 e. The largest absolute Gasteiger partial charge is 0.504 e. The molecule has 2 aromatic rings. The van der Waals surface area contributed by atoms with Gasteiger partial charge in [0.15, 0.2) is 29.3 Å². The first-order valence-corrected chi connectivity index (χ1v) is 12.1. The number of aliphatic hydroxyl groups is 6. The fourth-order valence-electron chi connectivity index (χ4n) is 4.54. The minimum absolute atomic E-state index is 0.0692. The zero-order valence-electron chi connectivity index (χ0n) is 21.1. The predicted octanol–water partition coefficient (Wildman–Crippen LogP) is -0.568. The van der Waals surface area contributed by atoms with Gasteiger partial charge >= 0.3 is 0 Å². The van der Waals surface area contributed by atoms with Crippen LogP contribution in [0, 0.1) is 11.8 Å². The van der Waals surface area contributed by atoms with Crippen LogP contribution in [-0.4, -0.2) is 106 Å². The molecule has 212 valence electrons. The number of aliphatic hydroxyl groups excluding tert-OH is 6. The maximum atomic E-state index is 11.2. The SMILES string of the molecule is COc1cc(C[C@@H](CO[C@@H]2O[C@H](CO)[C@@H](O)[C@H](O)[C@H]2O)[C@H](CO)C(O)c2ccc(O)c(OC)c2)ccc1O. The number of hydrogen-bond donors (Lipinski definition) is 8. The summed E-state index contributed by atoms with van der Waals surface area (Å²) >= 11 is 0. The number of rotatable bonds is 12. The number of ether oxygens (including phenoxy) is 4. The molecule has 0 spiro atoms. The molecule has 8 N–H and O–H groups in total. The highest BCUT2D eigenvalue weighted by Gasteiger charge is 2.44. The Hall–Kier alpha value is -2.68. The molecule has 3 rings (SSSR count). The molecule has 1 aliphatic rings. The van der Waals surface area contributed by atoms with E-state index in [0.717, 1.165) is 0 Å². The van der Waals surface area contributed by atoms with Gasteiger partial charge < -0.3 is 59.8 Å². The summed E-state index contributed by atoms with van der Waals surface area (Å²) in [6.45, 7) is -1.30. The van der Waals surface area contributed by atoms with Crippen molar-refractivity contribution in [1.82, 2.24) is 0 Å². The van der Waals surface area contributed by atoms with Gasteiger partial charge in [0.05, 0.1) is 33.5 Å². The van der Waals surface area contributed by atoms with Crippen LogP contribution in [0.2, 0.25) is 0 Å². The Kier molecular flexibility index (Phi) is 10.5. The lowest BCUT2D eigenvalue weighted by Crippen LogP contribution is -2.59. The van der Waals surface area contributed by atoms with E-state index in [2.05, 4.69) is 0 Å². The summed E-state index contributed by atoms with van der Waals surface area (Å²) in [6.07, 6.45) is -8.40. The van der Waals surface area contributed by atoms with E-state index in [1.165, 1.54) is 38.5 Å². The van der Waals surface area contributed by atoms with Crippen molar-refractivity contribution in [2.45, 2.75) is 43.2 Å². The molecule has 12 nitrogen and oxygen atoms in total. The average molecular weight is 541 g/mol. The lowest BCUT2D eigenvalue weighted by Gasteiger charge is -2.40. The van der Waals surface area contributed by atoms with E-state index in [-0.39, 0.29) is 36.0 Å². The molecule has 1 saturated heterocycles. The summed E-state index contributed by atoms with van der Waals surface area (Å²) < 4.78 is 21.5. The zero-order valence-corrected chi connectivity index (χ0v) is 21.1. The molecule has 1 heterocycles. The summed E-state index contributed by atoms with van der Waals surface area (Å²) in [7, 11) is 2.76. The van der Waals surface area contributed by atoms with Gasteiger partial charge in [-0.25, -0.2) is 0 Å². The normalized spacial score (nSPS) is 25.9. The second-order valence-corrected chi connectivity index (χ2v) is 9.22. The second kappa shape index (κ2) is 13.4. The van der Waals surface area contributed by atoms with Gasteiger partial charge in [-0.3, -0.25) is 0 Å². The summed E-state index contributed by atoms with van der Waals surface area (Å²) in [5.41, 5.74) is 1.04. The van der Waals surface area contributed by atoms with Gasteiger partial charge in [-0.15, -0.1) is 0 Å². The molecule has 1 fully saturated rings. The fraction of sp³-hybridized carbons (Fsp3) is 0.538. The fourth-order valence-corrected chi connectivity index (χ4v) is 4.54. The Labute approximate surface area is 219 Å². The third-order valence-corrected chi connectivity index (χ3v) is 6.83. The summed E-state index contributed by atoms with van der Waals surface area (Å²) in [4.78, 5) is 0. The minimum atomic E-state index is -1.63. The van der Waals surface area contributed by atoms with Crippen molar-refractivity contribution in [3.8, 4) is 23.0 Å². The van der Waals surface area contributed by atoms with Crippen molar-refractivity contribution in [1.29, 1.82) is 0 Å². The van der Waals surface area contributed by atoms with E-state index < -0.39 is 61.9 Å². The molecule has 0 aliphatic carbocycles. The van der Waals surface area contributed by atoms with E-state index in [4.69, 9.17) is 18.9 Å². The molecule has 1 aliphatic heterocycles. The molecule has 38 heavy (non-hydrogen) atoms. The molecule has 0 amide bonds. The van der Waals surface area contributed by atoms with Crippen LogP contribution >= 0.6 is 0 Å². The van der Waals surface area contributed by atoms with Crippen molar-refractivity contribution >= 4 is 0 Å². The molecular weight excluding hydrogens is 504 g/mol. The summed E-state index contributed by atoms with van der Waals surface area (Å²) in [5, 5.41) is 81.4. The van der Waals surface area contributed by atoms with Crippen molar-refractivity contribution in [2.75, 3.05) is 34.0 Å². The highest BCUT2D eigenvalue weighted by atomic mass is 16.7. The van der Waals surface area contributed by atoms with Crippen molar-refractivity contribution < 1.29 is 59.8 Å². The van der Waals surface area contributed by atoms with Crippen LogP contribution in [0.15, 0.2) is 36.4 Å². The number of methoxy groups -OCH3 is 2. The van der Waals surface area contributed by atoms with Crippen LogP contribution in [0.5, 0.6) is 23.0 Å². The third kappa shape index (κ3) is 6.65. The number of benzene rings is 2. The monoisotopic (exact) mass is 540 g/mol. The van der Waals surface area contributed by atoms with E-state index in [0.29, 0.717) is 11.1 Å². The molecule has 0 bridgehead atoms. The van der Waals surface area contributed by atoms with Gasteiger partial charge in [-0.2, -0.15) is 0 Å². The van der Waals surface area contributed by atoms with Gasteiger partial charge in [0, 0.05) is 12.5 Å². The maximum absolute atomic E-state index is 11.2. The van der Waals surface area contributed by atoms with E-state index in [1.807, 2.05) is 0 Å².